The van der Waals surface area contributed by atoms with E-state index in [1.165, 1.54) is 0 Å². The molecule has 0 radical (unpaired) electrons. The van der Waals surface area contributed by atoms with Crippen LogP contribution in [0.3, 0.4) is 0 Å². The Morgan fingerprint density at radius 3 is 2.28 bits per heavy atom. The number of nitrogens with zero attached hydrogens (tertiary/aromatic N) is 1. The minimum Gasteiger partial charge on any atom is -1.00 e. The van der Waals surface area contributed by atoms with E-state index in [2.05, 4.69) is 0 Å². The molecule has 0 bridgehead atoms. The number of hydrogen-bond acceptors (Lipinski definition) is 2. The van der Waals surface area contributed by atoms with E-state index in [1.807, 2.05) is 35.2 Å². The van der Waals surface area contributed by atoms with Gasteiger partial charge in [-0.25, -0.2) is 0 Å². The molecule has 0 spiro atoms. The minimum absolute atomic E-state index is 0. The van der Waals surface area contributed by atoms with Crippen LogP contribution in [-0.4, -0.2) is 12.9 Å². The van der Waals surface area contributed by atoms with Gasteiger partial charge >= 0.3 is 0 Å². The number of carbonyl (C=O) groups excluding carboxylic acids is 1. The quantitative estimate of drug-likeness (QED) is 0.529. The Morgan fingerprint density at radius 1 is 1.11 bits per heavy atom. The molecule has 0 N–H and O–H groups in total. The lowest BCUT2D eigenvalue weighted by Gasteiger charge is -2.01. The standard InChI is InChI=1S/C14H14NO2.BrH/c1-17-13-7-5-12(6-8-13)14(16)11-15-9-3-2-4-10-15;/h2-10H,11H2,1H3;1H/q+1;/p-1. The number of carbonyl (C=O) groups is 1. The molecule has 1 aromatic heterocycles. The van der Waals surface area contributed by atoms with Crippen LogP contribution in [0.5, 0.6) is 5.75 Å². The number of Topliss-reactive ketones (excluding diaryl/α,β-unsaturated/α-hetero) is 1. The third-order valence-corrected chi connectivity index (χ3v) is 2.52. The number of methoxy groups -OCH3 is 1. The first-order valence-electron chi connectivity index (χ1n) is 5.41. The number of benzene rings is 1. The van der Waals surface area contributed by atoms with Crippen LogP contribution < -0.4 is 26.3 Å². The van der Waals surface area contributed by atoms with E-state index < -0.39 is 0 Å². The molecule has 0 atom stereocenters. The summed E-state index contributed by atoms with van der Waals surface area (Å²) in [4.78, 5) is 12.0. The van der Waals surface area contributed by atoms with Crippen LogP contribution in [0.25, 0.3) is 0 Å². The fourth-order valence-electron chi connectivity index (χ4n) is 1.57. The number of pyridine rings is 1. The van der Waals surface area contributed by atoms with Gasteiger partial charge in [0.2, 0.25) is 12.3 Å². The highest BCUT2D eigenvalue weighted by Crippen LogP contribution is 2.11. The molecule has 0 saturated heterocycles. The fraction of sp³-hybridized carbons (Fsp3) is 0.143. The summed E-state index contributed by atoms with van der Waals surface area (Å²) in [5, 5.41) is 0. The second kappa shape index (κ2) is 6.91. The van der Waals surface area contributed by atoms with Crippen LogP contribution >= 0.6 is 0 Å². The molecule has 94 valence electrons. The monoisotopic (exact) mass is 307 g/mol. The highest BCUT2D eigenvalue weighted by molar-refractivity contribution is 5.95. The first-order chi connectivity index (χ1) is 8.29. The van der Waals surface area contributed by atoms with Crippen LogP contribution in [0, 0.1) is 0 Å². The average molecular weight is 308 g/mol. The Morgan fingerprint density at radius 2 is 1.72 bits per heavy atom. The van der Waals surface area contributed by atoms with E-state index in [4.69, 9.17) is 4.74 Å². The molecular formula is C14H14BrNO2. The smallest absolute Gasteiger partial charge is 0.227 e. The van der Waals surface area contributed by atoms with Crippen LogP contribution in [0.15, 0.2) is 54.9 Å². The first-order valence-corrected chi connectivity index (χ1v) is 5.41. The summed E-state index contributed by atoms with van der Waals surface area (Å²) in [7, 11) is 1.61. The maximum absolute atomic E-state index is 12.0. The molecule has 0 aliphatic rings. The van der Waals surface area contributed by atoms with Crippen molar-refractivity contribution in [3.8, 4) is 5.75 Å². The van der Waals surface area contributed by atoms with Crippen molar-refractivity contribution in [1.82, 2.24) is 0 Å². The predicted molar refractivity (Wildman–Crippen MR) is 64.0 cm³/mol. The van der Waals surface area contributed by atoms with E-state index in [0.717, 1.165) is 5.75 Å². The second-order valence-electron chi connectivity index (χ2n) is 3.70. The molecule has 0 fully saturated rings. The Labute approximate surface area is 117 Å². The minimum atomic E-state index is 0. The summed E-state index contributed by atoms with van der Waals surface area (Å²) < 4.78 is 6.90. The Bertz CT molecular complexity index is 497. The van der Waals surface area contributed by atoms with Gasteiger partial charge in [-0.15, -0.1) is 0 Å². The highest BCUT2D eigenvalue weighted by Gasteiger charge is 2.11. The fourth-order valence-corrected chi connectivity index (χ4v) is 1.57. The second-order valence-corrected chi connectivity index (χ2v) is 3.70. The molecule has 1 aromatic carbocycles. The SMILES string of the molecule is COc1ccc(C(=O)C[n+]2ccccc2)cc1.[Br-]. The van der Waals surface area contributed by atoms with Gasteiger partial charge in [0, 0.05) is 17.7 Å². The third kappa shape index (κ3) is 3.67. The van der Waals surface area contributed by atoms with Gasteiger partial charge in [0.05, 0.1) is 7.11 Å². The van der Waals surface area contributed by atoms with E-state index in [9.17, 15) is 4.79 Å². The summed E-state index contributed by atoms with van der Waals surface area (Å²) in [6, 6.07) is 12.9. The lowest BCUT2D eigenvalue weighted by atomic mass is 10.1. The van der Waals surface area contributed by atoms with E-state index in [0.29, 0.717) is 12.1 Å². The van der Waals surface area contributed by atoms with Crippen LogP contribution in [-0.2, 0) is 6.54 Å². The molecule has 0 unspecified atom stereocenters. The van der Waals surface area contributed by atoms with Gasteiger partial charge in [-0.05, 0) is 24.3 Å². The van der Waals surface area contributed by atoms with E-state index in [1.54, 1.807) is 31.4 Å². The number of aromatic nitrogens is 1. The van der Waals surface area contributed by atoms with E-state index in [-0.39, 0.29) is 22.8 Å². The molecule has 4 heteroatoms. The molecule has 0 amide bonds. The van der Waals surface area contributed by atoms with Crippen LogP contribution in [0.1, 0.15) is 10.4 Å². The molecule has 2 aromatic rings. The van der Waals surface area contributed by atoms with Crippen molar-refractivity contribution in [2.75, 3.05) is 7.11 Å². The van der Waals surface area contributed by atoms with Crippen LogP contribution in [0.2, 0.25) is 0 Å². The van der Waals surface area contributed by atoms with Gasteiger partial charge < -0.3 is 21.7 Å². The maximum Gasteiger partial charge on any atom is 0.227 e. The topological polar surface area (TPSA) is 30.2 Å². The lowest BCUT2D eigenvalue weighted by Crippen LogP contribution is -3.00. The third-order valence-electron chi connectivity index (χ3n) is 2.52. The van der Waals surface area contributed by atoms with Crippen molar-refractivity contribution in [1.29, 1.82) is 0 Å². The van der Waals surface area contributed by atoms with Gasteiger partial charge in [-0.1, -0.05) is 6.07 Å². The van der Waals surface area contributed by atoms with Crippen molar-refractivity contribution in [3.63, 3.8) is 0 Å². The summed E-state index contributed by atoms with van der Waals surface area (Å²) in [6.07, 6.45) is 3.75. The normalized spacial score (nSPS) is 9.39. The van der Waals surface area contributed by atoms with Crippen molar-refractivity contribution in [3.05, 3.63) is 60.4 Å². The largest absolute Gasteiger partial charge is 1.00 e. The summed E-state index contributed by atoms with van der Waals surface area (Å²) in [5.74, 6) is 0.845. The van der Waals surface area contributed by atoms with Crippen LogP contribution in [0.4, 0.5) is 0 Å². The maximum atomic E-state index is 12.0. The van der Waals surface area contributed by atoms with Crippen molar-refractivity contribution < 1.29 is 31.1 Å². The average Bonchev–Trinajstić information content (AvgIpc) is 2.40. The molecule has 3 nitrogen and oxygen atoms in total. The molecule has 2 rings (SSSR count). The van der Waals surface area contributed by atoms with Crippen molar-refractivity contribution in [2.24, 2.45) is 0 Å². The lowest BCUT2D eigenvalue weighted by molar-refractivity contribution is -0.683. The Kier molecular flexibility index (Phi) is 5.52. The summed E-state index contributed by atoms with van der Waals surface area (Å²) in [6.45, 7) is 0.354. The number of hydrogen-bond donors (Lipinski definition) is 0. The Hall–Kier alpha value is -1.68. The predicted octanol–water partition coefficient (Wildman–Crippen LogP) is -1.13. The highest BCUT2D eigenvalue weighted by atomic mass is 79.9. The molecule has 0 aliphatic carbocycles. The zero-order valence-corrected chi connectivity index (χ0v) is 11.6. The molecular weight excluding hydrogens is 294 g/mol. The van der Waals surface area contributed by atoms with Gasteiger partial charge in [0.15, 0.2) is 12.4 Å². The number of halogens is 1. The molecule has 1 heterocycles. The van der Waals surface area contributed by atoms with Crippen molar-refractivity contribution in [2.45, 2.75) is 6.54 Å². The number of rotatable bonds is 4. The number of ketones is 1. The Balaban J connectivity index is 0.00000162. The summed E-state index contributed by atoms with van der Waals surface area (Å²) >= 11 is 0. The summed E-state index contributed by atoms with van der Waals surface area (Å²) in [5.41, 5.74) is 0.696. The van der Waals surface area contributed by atoms with Gasteiger partial charge in [-0.3, -0.25) is 4.79 Å². The number of ether oxygens (including phenoxy) is 1. The van der Waals surface area contributed by atoms with Gasteiger partial charge in [0.25, 0.3) is 0 Å². The first kappa shape index (κ1) is 14.4. The zero-order chi connectivity index (χ0) is 12.1. The van der Waals surface area contributed by atoms with Gasteiger partial charge in [0.1, 0.15) is 5.75 Å². The van der Waals surface area contributed by atoms with Gasteiger partial charge in [-0.2, -0.15) is 4.57 Å². The molecule has 18 heavy (non-hydrogen) atoms. The zero-order valence-electron chi connectivity index (χ0n) is 10.0. The van der Waals surface area contributed by atoms with Crippen molar-refractivity contribution >= 4 is 5.78 Å². The molecule has 0 aliphatic heterocycles. The molecule has 0 saturated carbocycles. The van der Waals surface area contributed by atoms with E-state index >= 15 is 0 Å².